The first-order valence-corrected chi connectivity index (χ1v) is 9.48. The van der Waals surface area contributed by atoms with Crippen LogP contribution in [0.2, 0.25) is 0 Å². The molecule has 3 rings (SSSR count). The van der Waals surface area contributed by atoms with Gasteiger partial charge >= 0.3 is 0 Å². The number of amides is 2. The van der Waals surface area contributed by atoms with Crippen molar-refractivity contribution < 1.29 is 19.1 Å². The van der Waals surface area contributed by atoms with Crippen LogP contribution in [0.25, 0.3) is 0 Å². The third-order valence-corrected chi connectivity index (χ3v) is 5.05. The summed E-state index contributed by atoms with van der Waals surface area (Å²) in [7, 11) is 2.96. The number of anilines is 1. The number of aromatic nitrogens is 2. The van der Waals surface area contributed by atoms with Gasteiger partial charge < -0.3 is 20.1 Å². The monoisotopic (exact) mass is 386 g/mol. The highest BCUT2D eigenvalue weighted by Crippen LogP contribution is 2.29. The number of nitrogens with zero attached hydrogens (tertiary/aromatic N) is 1. The summed E-state index contributed by atoms with van der Waals surface area (Å²) < 4.78 is 10.5. The summed E-state index contributed by atoms with van der Waals surface area (Å²) in [5.74, 6) is 0.534. The number of methoxy groups -OCH3 is 2. The molecule has 1 aromatic carbocycles. The number of hydrogen-bond donors (Lipinski definition) is 3. The Balaban J connectivity index is 1.70. The number of nitrogens with one attached hydrogen (secondary N) is 3. The van der Waals surface area contributed by atoms with Crippen LogP contribution in [0.3, 0.4) is 0 Å². The lowest BCUT2D eigenvalue weighted by molar-refractivity contribution is 0.0939. The Hall–Kier alpha value is -3.03. The molecule has 0 unspecified atom stereocenters. The molecule has 0 spiro atoms. The van der Waals surface area contributed by atoms with Gasteiger partial charge in [-0.1, -0.05) is 25.3 Å². The minimum Gasteiger partial charge on any atom is -0.496 e. The molecule has 1 fully saturated rings. The summed E-state index contributed by atoms with van der Waals surface area (Å²) in [6.07, 6.45) is 7.39. The van der Waals surface area contributed by atoms with E-state index in [0.29, 0.717) is 29.6 Å². The topological polar surface area (TPSA) is 105 Å². The number of hydrogen-bond acceptors (Lipinski definition) is 5. The highest BCUT2D eigenvalue weighted by atomic mass is 16.5. The molecule has 0 aliphatic heterocycles. The van der Waals surface area contributed by atoms with E-state index < -0.39 is 5.91 Å². The molecule has 2 aromatic rings. The number of carbonyl (C=O) groups is 2. The number of rotatable bonds is 7. The van der Waals surface area contributed by atoms with E-state index in [1.54, 1.807) is 18.2 Å². The molecule has 1 aromatic heterocycles. The second kappa shape index (κ2) is 9.25. The Morgan fingerprint density at radius 1 is 1.11 bits per heavy atom. The van der Waals surface area contributed by atoms with Gasteiger partial charge in [-0.05, 0) is 30.9 Å². The van der Waals surface area contributed by atoms with E-state index in [2.05, 4.69) is 20.8 Å². The van der Waals surface area contributed by atoms with Crippen LogP contribution in [0.4, 0.5) is 5.69 Å². The van der Waals surface area contributed by atoms with Gasteiger partial charge in [0, 0.05) is 6.54 Å². The van der Waals surface area contributed by atoms with Gasteiger partial charge in [-0.2, -0.15) is 5.10 Å². The molecule has 8 nitrogen and oxygen atoms in total. The minimum absolute atomic E-state index is 0.220. The van der Waals surface area contributed by atoms with Crippen LogP contribution < -0.4 is 20.1 Å². The second-order valence-corrected chi connectivity index (χ2v) is 6.86. The Morgan fingerprint density at radius 2 is 1.79 bits per heavy atom. The fourth-order valence-corrected chi connectivity index (χ4v) is 3.53. The predicted octanol–water partition coefficient (Wildman–Crippen LogP) is 2.99. The molecule has 0 saturated heterocycles. The van der Waals surface area contributed by atoms with E-state index in [1.165, 1.54) is 39.7 Å². The van der Waals surface area contributed by atoms with Crippen LogP contribution in [0.15, 0.2) is 24.4 Å². The molecule has 1 heterocycles. The molecule has 0 atom stereocenters. The summed E-state index contributed by atoms with van der Waals surface area (Å²) in [4.78, 5) is 25.4. The van der Waals surface area contributed by atoms with E-state index >= 15 is 0 Å². The van der Waals surface area contributed by atoms with Crippen LogP contribution in [-0.4, -0.2) is 42.8 Å². The number of benzene rings is 1. The van der Waals surface area contributed by atoms with Gasteiger partial charge in [0.1, 0.15) is 22.8 Å². The lowest BCUT2D eigenvalue weighted by Gasteiger charge is -2.21. The van der Waals surface area contributed by atoms with Crippen molar-refractivity contribution in [3.63, 3.8) is 0 Å². The molecule has 3 N–H and O–H groups in total. The molecule has 2 amide bonds. The van der Waals surface area contributed by atoms with Crippen LogP contribution in [0, 0.1) is 5.92 Å². The average Bonchev–Trinajstić information content (AvgIpc) is 3.20. The highest BCUT2D eigenvalue weighted by molar-refractivity contribution is 6.10. The van der Waals surface area contributed by atoms with Crippen molar-refractivity contribution in [2.75, 3.05) is 26.1 Å². The lowest BCUT2D eigenvalue weighted by Crippen LogP contribution is -2.31. The number of aromatic amines is 1. The van der Waals surface area contributed by atoms with Gasteiger partial charge in [-0.25, -0.2) is 0 Å². The van der Waals surface area contributed by atoms with Gasteiger partial charge in [0.2, 0.25) is 0 Å². The Kier molecular flexibility index (Phi) is 6.52. The smallest absolute Gasteiger partial charge is 0.271 e. The van der Waals surface area contributed by atoms with Gasteiger partial charge in [0.25, 0.3) is 11.8 Å². The van der Waals surface area contributed by atoms with Crippen molar-refractivity contribution in [3.05, 3.63) is 35.7 Å². The molecule has 0 bridgehead atoms. The van der Waals surface area contributed by atoms with Crippen LogP contribution >= 0.6 is 0 Å². The average molecular weight is 386 g/mol. The maximum Gasteiger partial charge on any atom is 0.271 e. The summed E-state index contributed by atoms with van der Waals surface area (Å²) in [5.41, 5.74) is 0.777. The van der Waals surface area contributed by atoms with Gasteiger partial charge in [-0.15, -0.1) is 0 Å². The Morgan fingerprint density at radius 3 is 2.43 bits per heavy atom. The van der Waals surface area contributed by atoms with Gasteiger partial charge in [0.05, 0.1) is 26.1 Å². The fraction of sp³-hybridized carbons (Fsp3) is 0.450. The first kappa shape index (κ1) is 19.7. The van der Waals surface area contributed by atoms with E-state index in [-0.39, 0.29) is 17.2 Å². The first-order valence-electron chi connectivity index (χ1n) is 9.48. The van der Waals surface area contributed by atoms with Crippen molar-refractivity contribution in [3.8, 4) is 11.5 Å². The number of ether oxygens (including phenoxy) is 2. The zero-order valence-electron chi connectivity index (χ0n) is 16.2. The third-order valence-electron chi connectivity index (χ3n) is 5.05. The normalized spacial score (nSPS) is 14.4. The molecular formula is C20H26N4O4. The van der Waals surface area contributed by atoms with E-state index in [4.69, 9.17) is 9.47 Å². The maximum absolute atomic E-state index is 12.8. The highest BCUT2D eigenvalue weighted by Gasteiger charge is 2.22. The Labute approximate surface area is 164 Å². The van der Waals surface area contributed by atoms with Crippen LogP contribution in [0.1, 0.15) is 53.0 Å². The van der Waals surface area contributed by atoms with Crippen molar-refractivity contribution in [1.82, 2.24) is 15.5 Å². The van der Waals surface area contributed by atoms with E-state index in [9.17, 15) is 9.59 Å². The predicted molar refractivity (Wildman–Crippen MR) is 105 cm³/mol. The zero-order chi connectivity index (χ0) is 19.9. The summed E-state index contributed by atoms with van der Waals surface area (Å²) >= 11 is 0. The first-order chi connectivity index (χ1) is 13.6. The molecule has 1 saturated carbocycles. The minimum atomic E-state index is -0.447. The van der Waals surface area contributed by atoms with Gasteiger partial charge in [-0.3, -0.25) is 14.7 Å². The second-order valence-electron chi connectivity index (χ2n) is 6.86. The molecule has 1 aliphatic carbocycles. The quantitative estimate of drug-likeness (QED) is 0.678. The summed E-state index contributed by atoms with van der Waals surface area (Å²) in [6.45, 7) is 0.631. The Bertz CT molecular complexity index is 805. The molecular weight excluding hydrogens is 360 g/mol. The zero-order valence-corrected chi connectivity index (χ0v) is 16.2. The lowest BCUT2D eigenvalue weighted by atomic mass is 9.89. The summed E-state index contributed by atoms with van der Waals surface area (Å²) in [5, 5.41) is 12.2. The third kappa shape index (κ3) is 4.44. The fourth-order valence-electron chi connectivity index (χ4n) is 3.53. The molecule has 0 radical (unpaired) electrons. The maximum atomic E-state index is 12.8. The molecule has 150 valence electrons. The summed E-state index contributed by atoms with van der Waals surface area (Å²) in [6, 6.07) is 5.08. The standard InChI is InChI=1S/C20H26N4O4/c1-27-15-9-6-10-16(28-2)17(15)19(25)23-14-12-22-24-18(14)20(26)21-11-13-7-4-3-5-8-13/h6,9-10,12-13H,3-5,7-8,11H2,1-2H3,(H,21,26)(H,22,24)(H,23,25). The number of H-pyrrole nitrogens is 1. The van der Waals surface area contributed by atoms with E-state index in [1.807, 2.05) is 0 Å². The van der Waals surface area contributed by atoms with Crippen LogP contribution in [-0.2, 0) is 0 Å². The molecule has 28 heavy (non-hydrogen) atoms. The van der Waals surface area contributed by atoms with E-state index in [0.717, 1.165) is 12.8 Å². The van der Waals surface area contributed by atoms with Crippen molar-refractivity contribution in [2.45, 2.75) is 32.1 Å². The SMILES string of the molecule is COc1cccc(OC)c1C(=O)Nc1cn[nH]c1C(=O)NCC1CCCCC1. The van der Waals surface area contributed by atoms with Crippen LogP contribution in [0.5, 0.6) is 11.5 Å². The van der Waals surface area contributed by atoms with Crippen molar-refractivity contribution in [2.24, 2.45) is 5.92 Å². The largest absolute Gasteiger partial charge is 0.496 e. The molecule has 8 heteroatoms. The van der Waals surface area contributed by atoms with Crippen molar-refractivity contribution in [1.29, 1.82) is 0 Å². The number of carbonyl (C=O) groups excluding carboxylic acids is 2. The van der Waals surface area contributed by atoms with Crippen molar-refractivity contribution >= 4 is 17.5 Å². The van der Waals surface area contributed by atoms with Gasteiger partial charge in [0.15, 0.2) is 0 Å². The molecule has 1 aliphatic rings.